The van der Waals surface area contributed by atoms with E-state index >= 15 is 4.39 Å². The summed E-state index contributed by atoms with van der Waals surface area (Å²) in [7, 11) is 0. The van der Waals surface area contributed by atoms with Crippen molar-refractivity contribution in [3.05, 3.63) is 35.3 Å². The number of aromatic amines is 1. The summed E-state index contributed by atoms with van der Waals surface area (Å²) >= 11 is 4.04. The molecule has 4 aromatic heterocycles. The molecule has 2 aliphatic rings. The van der Waals surface area contributed by atoms with Crippen LogP contribution < -0.4 is 17.0 Å². The lowest BCUT2D eigenvalue weighted by Crippen LogP contribution is -2.31. The molecule has 0 spiro atoms. The number of nitrogens with two attached hydrogens (primary N) is 2. The molecule has 2 fully saturated rings. The Morgan fingerprint density at radius 1 is 1.22 bits per heavy atom. The Morgan fingerprint density at radius 2 is 2.02 bits per heavy atom. The first-order chi connectivity index (χ1) is 19.6. The number of alkyl halides is 1. The zero-order chi connectivity index (χ0) is 29.1. The number of thiol groups is 1. The number of aliphatic hydroxyl groups is 2. The molecule has 0 aliphatic carbocycles. The highest BCUT2D eigenvalue weighted by molar-refractivity contribution is 8.44. The second-order valence-electron chi connectivity index (χ2n) is 9.47. The van der Waals surface area contributed by atoms with Crippen molar-refractivity contribution in [3.63, 3.8) is 0 Å². The van der Waals surface area contributed by atoms with E-state index < -0.39 is 62.0 Å². The number of halogens is 1. The fourth-order valence-electron chi connectivity index (χ4n) is 4.93. The number of nitrogens with zero attached hydrogens (tertiary/aromatic N) is 6. The van der Waals surface area contributed by atoms with E-state index in [-0.39, 0.29) is 36.0 Å². The standard InChI is InChI=1S/C21H25FN9O8PS/c22-12-14(33)11(38-20(12)30-2-1-9-15(23)25-6-26-16(9)30)5-36-40(35,41)39-10-3-8(4-32)37-19(10)31-7-27-13-17(31)28-21(24)29-18(13)34/h1-2,6-8,10-12,14,19-20,32-33H,3-5H2,(H,35,41)(H2,23,25,26)(H3,24,28,29,34)/t8-,10+,11+,12-,14+,19+,20?,40+/m0/s1. The summed E-state index contributed by atoms with van der Waals surface area (Å²) in [5, 5.41) is 20.7. The minimum absolute atomic E-state index is 0.0216. The predicted molar refractivity (Wildman–Crippen MR) is 142 cm³/mol. The van der Waals surface area contributed by atoms with E-state index in [9.17, 15) is 19.6 Å². The van der Waals surface area contributed by atoms with Gasteiger partial charge in [0.15, 0.2) is 29.8 Å². The number of hydrogen-bond donors (Lipinski definition) is 6. The van der Waals surface area contributed by atoms with E-state index in [1.807, 2.05) is 0 Å². The third kappa shape index (κ3) is 5.08. The molecule has 8 atom stereocenters. The van der Waals surface area contributed by atoms with Gasteiger partial charge in [0.05, 0.1) is 31.0 Å². The number of rotatable bonds is 8. The molecule has 20 heteroatoms. The molecule has 17 nitrogen and oxygen atoms in total. The highest BCUT2D eigenvalue weighted by Gasteiger charge is 2.47. The molecule has 0 saturated carbocycles. The quantitative estimate of drug-likeness (QED) is 0.114. The van der Waals surface area contributed by atoms with Crippen molar-refractivity contribution in [2.75, 3.05) is 24.7 Å². The monoisotopic (exact) mass is 613 g/mol. The van der Waals surface area contributed by atoms with Crippen LogP contribution in [0.1, 0.15) is 18.9 Å². The van der Waals surface area contributed by atoms with Crippen LogP contribution in [0.25, 0.3) is 22.2 Å². The first kappa shape index (κ1) is 28.0. The number of aliphatic hydroxyl groups excluding tert-OH is 2. The molecule has 0 radical (unpaired) electrons. The van der Waals surface area contributed by atoms with Crippen molar-refractivity contribution in [2.24, 2.45) is 0 Å². The van der Waals surface area contributed by atoms with Crippen LogP contribution in [0, 0.1) is 0 Å². The molecular formula is C21H25FN9O8PS. The van der Waals surface area contributed by atoms with Gasteiger partial charge in [0.25, 0.3) is 5.56 Å². The Bertz CT molecular complexity index is 1700. The summed E-state index contributed by atoms with van der Waals surface area (Å²) in [6.45, 7) is -5.12. The molecule has 6 heterocycles. The normalized spacial score (nSPS) is 29.9. The van der Waals surface area contributed by atoms with Gasteiger partial charge in [-0.3, -0.25) is 23.4 Å². The van der Waals surface area contributed by atoms with Crippen LogP contribution in [0.3, 0.4) is 0 Å². The maximum Gasteiger partial charge on any atom is 0.386 e. The van der Waals surface area contributed by atoms with Crippen LogP contribution in [0.5, 0.6) is 0 Å². The molecular weight excluding hydrogens is 588 g/mol. The van der Waals surface area contributed by atoms with E-state index in [1.54, 1.807) is 6.07 Å². The summed E-state index contributed by atoms with van der Waals surface area (Å²) in [5.74, 6) is 0.0353. The van der Waals surface area contributed by atoms with E-state index in [1.165, 1.54) is 28.0 Å². The number of nitrogen functional groups attached to an aromatic ring is 2. The number of fused-ring (bicyclic) bond motifs is 2. The highest BCUT2D eigenvalue weighted by Crippen LogP contribution is 2.57. The molecule has 6 rings (SSSR count). The predicted octanol–water partition coefficient (Wildman–Crippen LogP) is 0.0448. The minimum atomic E-state index is -4.19. The zero-order valence-corrected chi connectivity index (χ0v) is 22.7. The first-order valence-corrected chi connectivity index (χ1v) is 14.9. The van der Waals surface area contributed by atoms with Crippen molar-refractivity contribution < 1.29 is 37.7 Å². The zero-order valence-electron chi connectivity index (χ0n) is 20.9. The summed E-state index contributed by atoms with van der Waals surface area (Å²) in [5.41, 5.74) is 11.3. The summed E-state index contributed by atoms with van der Waals surface area (Å²) in [6, 6.07) is 1.59. The van der Waals surface area contributed by atoms with Gasteiger partial charge in [0.1, 0.15) is 36.1 Å². The number of nitrogens with one attached hydrogen (secondary N) is 1. The van der Waals surface area contributed by atoms with E-state index in [0.29, 0.717) is 11.0 Å². The summed E-state index contributed by atoms with van der Waals surface area (Å²) in [4.78, 5) is 30.6. The summed E-state index contributed by atoms with van der Waals surface area (Å²) in [6.07, 6.45) is -4.76. The van der Waals surface area contributed by atoms with Crippen molar-refractivity contribution in [1.29, 1.82) is 0 Å². The molecule has 0 amide bonds. The second-order valence-corrected chi connectivity index (χ2v) is 12.3. The molecule has 2 aliphatic heterocycles. The Hall–Kier alpha value is -3.16. The fraction of sp³-hybridized carbons (Fsp3) is 0.476. The van der Waals surface area contributed by atoms with E-state index in [2.05, 4.69) is 37.2 Å². The van der Waals surface area contributed by atoms with Crippen LogP contribution in [0.2, 0.25) is 0 Å². The smallest absolute Gasteiger partial charge is 0.386 e. The molecule has 1 unspecified atom stereocenters. The first-order valence-electron chi connectivity index (χ1n) is 12.3. The number of aromatic nitrogens is 7. The molecule has 0 aromatic carbocycles. The fourth-order valence-corrected chi connectivity index (χ4v) is 6.42. The number of hydrogen-bond acceptors (Lipinski definition) is 14. The third-order valence-corrected chi connectivity index (χ3v) is 8.49. The van der Waals surface area contributed by atoms with E-state index in [4.69, 9.17) is 30.0 Å². The van der Waals surface area contributed by atoms with Gasteiger partial charge in [-0.2, -0.15) is 4.98 Å². The third-order valence-electron chi connectivity index (χ3n) is 6.85. The topological polar surface area (TPSA) is 241 Å². The molecule has 41 heavy (non-hydrogen) atoms. The van der Waals surface area contributed by atoms with Crippen molar-refractivity contribution in [1.82, 2.24) is 34.1 Å². The Morgan fingerprint density at radius 3 is 2.80 bits per heavy atom. The number of imidazole rings is 1. The molecule has 2 saturated heterocycles. The minimum Gasteiger partial charge on any atom is -0.394 e. The van der Waals surface area contributed by atoms with Gasteiger partial charge in [0.2, 0.25) is 5.95 Å². The average Bonchev–Trinajstić information content (AvgIpc) is 3.69. The number of anilines is 2. The maximum absolute atomic E-state index is 15.1. The van der Waals surface area contributed by atoms with Crippen LogP contribution in [0.4, 0.5) is 16.2 Å². The van der Waals surface area contributed by atoms with Gasteiger partial charge in [0, 0.05) is 12.6 Å². The largest absolute Gasteiger partial charge is 0.394 e. The van der Waals surface area contributed by atoms with Crippen LogP contribution >= 0.6 is 19.0 Å². The number of H-pyrrole nitrogens is 1. The lowest BCUT2D eigenvalue weighted by molar-refractivity contribution is -0.0528. The maximum atomic E-state index is 15.1. The lowest BCUT2D eigenvalue weighted by atomic mass is 10.1. The van der Waals surface area contributed by atoms with Crippen LogP contribution in [-0.4, -0.2) is 88.1 Å². The van der Waals surface area contributed by atoms with Crippen molar-refractivity contribution in [2.45, 2.75) is 49.5 Å². The lowest BCUT2D eigenvalue weighted by Gasteiger charge is -2.24. The second kappa shape index (κ2) is 10.6. The molecule has 0 bridgehead atoms. The molecule has 220 valence electrons. The van der Waals surface area contributed by atoms with Gasteiger partial charge in [-0.05, 0) is 6.07 Å². The van der Waals surface area contributed by atoms with Gasteiger partial charge < -0.3 is 35.7 Å². The van der Waals surface area contributed by atoms with Crippen LogP contribution in [-0.2, 0) is 23.1 Å². The Kier molecular flexibility index (Phi) is 7.23. The van der Waals surface area contributed by atoms with Gasteiger partial charge in [-0.1, -0.05) is 12.2 Å². The Balaban J connectivity index is 1.16. The van der Waals surface area contributed by atoms with Crippen molar-refractivity contribution >= 4 is 53.0 Å². The highest BCUT2D eigenvalue weighted by atomic mass is 32.7. The van der Waals surface area contributed by atoms with Gasteiger partial charge in [-0.25, -0.2) is 23.9 Å². The van der Waals surface area contributed by atoms with Crippen LogP contribution in [0.15, 0.2) is 29.7 Å². The summed E-state index contributed by atoms with van der Waals surface area (Å²) < 4.78 is 53.7. The SMILES string of the molecule is Nc1nc2c(ncn2[C@@H]2O[C@H](CO)C[C@H]2O[P@](=O)(S)OC[C@H]2OC(n3ccc4c(N)ncnc43)[C@@H](F)[C@@H]2O)c(=O)[nH]1. The van der Waals surface area contributed by atoms with Crippen molar-refractivity contribution in [3.8, 4) is 0 Å². The molecule has 7 N–H and O–H groups in total. The molecule has 4 aromatic rings. The van der Waals surface area contributed by atoms with E-state index in [0.717, 1.165) is 0 Å². The Labute approximate surface area is 234 Å². The number of ether oxygens (including phenoxy) is 2. The average molecular weight is 614 g/mol. The van der Waals surface area contributed by atoms with Gasteiger partial charge >= 0.3 is 6.80 Å². The van der Waals surface area contributed by atoms with Gasteiger partial charge in [-0.15, -0.1) is 0 Å².